The summed E-state index contributed by atoms with van der Waals surface area (Å²) in [6.45, 7) is 0. The van der Waals surface area contributed by atoms with Gasteiger partial charge in [0.15, 0.2) is 23.8 Å². The average molecular weight is 521 g/mol. The Morgan fingerprint density at radius 2 is 1.00 bits per heavy atom. The van der Waals surface area contributed by atoms with Crippen LogP contribution in [0.4, 0.5) is 0 Å². The van der Waals surface area contributed by atoms with Gasteiger partial charge in [0.2, 0.25) is 11.4 Å². The summed E-state index contributed by atoms with van der Waals surface area (Å²) >= 11 is 0. The third-order valence-corrected chi connectivity index (χ3v) is 9.94. The maximum atomic E-state index is 14.0. The summed E-state index contributed by atoms with van der Waals surface area (Å²) in [7, 11) is 0. The van der Waals surface area contributed by atoms with Crippen molar-refractivity contribution < 1.29 is 28.4 Å². The van der Waals surface area contributed by atoms with Crippen molar-refractivity contribution in [1.29, 1.82) is 0 Å². The van der Waals surface area contributed by atoms with Crippen LogP contribution in [-0.4, -0.2) is 23.8 Å². The van der Waals surface area contributed by atoms with Gasteiger partial charge in [0.25, 0.3) is 11.4 Å². The Balaban J connectivity index is 1.17. The Kier molecular flexibility index (Phi) is 5.36. The van der Waals surface area contributed by atoms with Gasteiger partial charge in [-0.25, -0.2) is 0 Å². The Labute approximate surface area is 223 Å². The van der Waals surface area contributed by atoms with Crippen LogP contribution >= 0.6 is 0 Å². The zero-order valence-electron chi connectivity index (χ0n) is 21.9. The van der Waals surface area contributed by atoms with E-state index in [0.29, 0.717) is 22.8 Å². The molecule has 8 heteroatoms. The molecule has 6 aliphatic rings. The highest BCUT2D eigenvalue weighted by Gasteiger charge is 2.55. The van der Waals surface area contributed by atoms with E-state index in [-0.39, 0.29) is 12.2 Å². The van der Waals surface area contributed by atoms with Gasteiger partial charge in [-0.1, -0.05) is 12.8 Å². The highest BCUT2D eigenvalue weighted by molar-refractivity contribution is 5.50. The molecule has 202 valence electrons. The number of nitrogens with zero attached hydrogens (tertiary/aromatic N) is 2. The molecule has 2 aromatic heterocycles. The lowest BCUT2D eigenvalue weighted by Crippen LogP contribution is -2.47. The lowest BCUT2D eigenvalue weighted by Gasteiger charge is -2.31. The molecular formula is C30H36N2O6. The van der Waals surface area contributed by atoms with Crippen LogP contribution in [0.5, 0.6) is 0 Å². The number of aromatic nitrogens is 2. The Bertz CT molecular complexity index is 1170. The van der Waals surface area contributed by atoms with Crippen molar-refractivity contribution >= 4 is 0 Å². The molecule has 2 aromatic rings. The number of ether oxygens (including phenoxy) is 4. The van der Waals surface area contributed by atoms with E-state index in [1.54, 1.807) is 12.1 Å². The predicted molar refractivity (Wildman–Crippen MR) is 135 cm³/mol. The van der Waals surface area contributed by atoms with Gasteiger partial charge in [-0.3, -0.25) is 0 Å². The Morgan fingerprint density at radius 1 is 0.579 bits per heavy atom. The van der Waals surface area contributed by atoms with Crippen LogP contribution in [-0.2, 0) is 31.8 Å². The minimum atomic E-state index is -0.563. The van der Waals surface area contributed by atoms with Crippen LogP contribution in [0.15, 0.2) is 24.3 Å². The molecule has 4 heterocycles. The summed E-state index contributed by atoms with van der Waals surface area (Å²) < 4.78 is 28.0. The molecular weight excluding hydrogens is 484 g/mol. The second kappa shape index (κ2) is 8.62. The van der Waals surface area contributed by atoms with Gasteiger partial charge in [-0.05, 0) is 63.5 Å². The molecule has 0 amide bonds. The van der Waals surface area contributed by atoms with E-state index >= 15 is 0 Å². The summed E-state index contributed by atoms with van der Waals surface area (Å²) in [5.41, 5.74) is 3.90. The van der Waals surface area contributed by atoms with Gasteiger partial charge in [-0.2, -0.15) is 9.46 Å². The lowest BCUT2D eigenvalue weighted by molar-refractivity contribution is -0.639. The van der Waals surface area contributed by atoms with Crippen LogP contribution in [0.2, 0.25) is 0 Å². The monoisotopic (exact) mass is 520 g/mol. The Hall–Kier alpha value is -2.26. The molecule has 2 saturated heterocycles. The molecule has 2 spiro atoms. The van der Waals surface area contributed by atoms with Gasteiger partial charge in [-0.15, -0.1) is 0 Å². The topological polar surface area (TPSA) is 90.8 Å². The average Bonchev–Trinajstić information content (AvgIpc) is 3.47. The third-order valence-electron chi connectivity index (χ3n) is 9.94. The maximum absolute atomic E-state index is 14.0. The molecule has 0 bridgehead atoms. The molecule has 8 rings (SSSR count). The quantitative estimate of drug-likeness (QED) is 0.398. The van der Waals surface area contributed by atoms with E-state index in [1.165, 1.54) is 12.8 Å². The van der Waals surface area contributed by atoms with Crippen molar-refractivity contribution in [3.8, 4) is 11.4 Å². The first-order valence-corrected chi connectivity index (χ1v) is 14.8. The highest BCUT2D eigenvalue weighted by Crippen LogP contribution is 2.50. The van der Waals surface area contributed by atoms with Crippen molar-refractivity contribution in [2.75, 3.05) is 0 Å². The van der Waals surface area contributed by atoms with Gasteiger partial charge < -0.3 is 29.4 Å². The molecule has 0 N–H and O–H groups in total. The van der Waals surface area contributed by atoms with Crippen molar-refractivity contribution in [2.45, 2.75) is 126 Å². The number of aryl methyl sites for hydroxylation is 2. The number of rotatable bonds is 1. The number of pyridine rings is 2. The second-order valence-electron chi connectivity index (χ2n) is 12.3. The van der Waals surface area contributed by atoms with Crippen LogP contribution in [0, 0.1) is 10.4 Å². The number of fused-ring (bicyclic) bond motifs is 6. The fourth-order valence-corrected chi connectivity index (χ4v) is 8.06. The smallest absolute Gasteiger partial charge is 0.290 e. The highest BCUT2D eigenvalue weighted by atomic mass is 16.8. The molecule has 4 aliphatic carbocycles. The molecule has 4 atom stereocenters. The SMILES string of the molecule is [O-][n+]1c(-c2ccc3c([n+]2[O-])[C@H]2OC4(CCCCC4)O[C@H]2CC3)ccc2c1[C@H]1OC3(CCCCC3)O[C@H]1CC2. The van der Waals surface area contributed by atoms with Crippen LogP contribution in [0.25, 0.3) is 11.4 Å². The summed E-state index contributed by atoms with van der Waals surface area (Å²) in [6, 6.07) is 7.59. The van der Waals surface area contributed by atoms with Crippen LogP contribution in [0.1, 0.15) is 112 Å². The molecule has 0 aromatic carbocycles. The van der Waals surface area contributed by atoms with E-state index in [9.17, 15) is 10.4 Å². The molecule has 2 saturated carbocycles. The van der Waals surface area contributed by atoms with E-state index in [1.807, 2.05) is 12.1 Å². The fourth-order valence-electron chi connectivity index (χ4n) is 8.06. The van der Waals surface area contributed by atoms with Crippen LogP contribution in [0.3, 0.4) is 0 Å². The van der Waals surface area contributed by atoms with Gasteiger partial charge >= 0.3 is 0 Å². The third kappa shape index (κ3) is 3.49. The molecule has 0 unspecified atom stereocenters. The molecule has 8 nitrogen and oxygen atoms in total. The van der Waals surface area contributed by atoms with Gasteiger partial charge in [0, 0.05) is 48.9 Å². The van der Waals surface area contributed by atoms with Crippen molar-refractivity contribution in [3.05, 3.63) is 57.2 Å². The number of hydrogen-bond donors (Lipinski definition) is 0. The predicted octanol–water partition coefficient (Wildman–Crippen LogP) is 4.75. The standard InChI is InChI=1S/C30H36N2O6/c33-31-21(11-7-19-9-13-23-27(25(19)31)37-29(35-23)15-3-1-4-16-29)22-12-8-20-10-14-24-28(26(20)32(22)34)38-30(36-24)17-5-2-6-18-30/h7-8,11-12,23-24,27-28H,1-6,9-10,13-18H2/t23-,24-,27-,28-/m0/s1. The van der Waals surface area contributed by atoms with E-state index in [4.69, 9.17) is 18.9 Å². The van der Waals surface area contributed by atoms with E-state index in [2.05, 4.69) is 0 Å². The summed E-state index contributed by atoms with van der Waals surface area (Å²) in [4.78, 5) is 0. The fraction of sp³-hybridized carbons (Fsp3) is 0.667. The normalized spacial score (nSPS) is 32.5. The Morgan fingerprint density at radius 3 is 1.42 bits per heavy atom. The van der Waals surface area contributed by atoms with Crippen molar-refractivity contribution in [1.82, 2.24) is 0 Å². The van der Waals surface area contributed by atoms with Crippen molar-refractivity contribution in [2.24, 2.45) is 0 Å². The first-order valence-electron chi connectivity index (χ1n) is 14.8. The van der Waals surface area contributed by atoms with E-state index in [0.717, 1.165) is 97.6 Å². The second-order valence-corrected chi connectivity index (χ2v) is 12.3. The van der Waals surface area contributed by atoms with E-state index < -0.39 is 23.8 Å². The van der Waals surface area contributed by atoms with Crippen LogP contribution < -0.4 is 9.46 Å². The maximum Gasteiger partial charge on any atom is 0.290 e. The van der Waals surface area contributed by atoms with Crippen molar-refractivity contribution in [3.63, 3.8) is 0 Å². The zero-order chi connectivity index (χ0) is 25.5. The lowest BCUT2D eigenvalue weighted by atomic mass is 9.90. The molecule has 4 fully saturated rings. The minimum absolute atomic E-state index is 0.115. The summed E-state index contributed by atoms with van der Waals surface area (Å²) in [6.07, 6.45) is 12.5. The summed E-state index contributed by atoms with van der Waals surface area (Å²) in [5.74, 6) is -1.13. The van der Waals surface area contributed by atoms with Gasteiger partial charge in [0.05, 0.1) is 12.2 Å². The largest absolute Gasteiger partial charge is 0.618 e. The number of hydrogen-bond acceptors (Lipinski definition) is 6. The first-order chi connectivity index (χ1) is 18.5. The van der Waals surface area contributed by atoms with Gasteiger partial charge in [0.1, 0.15) is 0 Å². The molecule has 38 heavy (non-hydrogen) atoms. The molecule has 2 aliphatic heterocycles. The first kappa shape index (κ1) is 23.6. The zero-order valence-corrected chi connectivity index (χ0v) is 21.9. The molecule has 0 radical (unpaired) electrons. The minimum Gasteiger partial charge on any atom is -0.618 e. The summed E-state index contributed by atoms with van der Waals surface area (Å²) in [5, 5.41) is 28.0.